The third kappa shape index (κ3) is 5.63. The average molecular weight is 419 g/mol. The summed E-state index contributed by atoms with van der Waals surface area (Å²) in [5, 5.41) is 2.86. The summed E-state index contributed by atoms with van der Waals surface area (Å²) in [7, 11) is 3.07. The number of anilines is 1. The summed E-state index contributed by atoms with van der Waals surface area (Å²) in [5.74, 6) is 0.191. The van der Waals surface area contributed by atoms with Crippen LogP contribution in [0.2, 0.25) is 0 Å². The van der Waals surface area contributed by atoms with Crippen LogP contribution >= 0.6 is 0 Å². The predicted octanol–water partition coefficient (Wildman–Crippen LogP) is 4.48. The molecule has 1 amide bonds. The number of nitrogens with one attached hydrogen (secondary N) is 1. The highest BCUT2D eigenvalue weighted by Gasteiger charge is 2.20. The molecule has 0 aliphatic heterocycles. The minimum absolute atomic E-state index is 0.0125. The van der Waals surface area contributed by atoms with Gasteiger partial charge in [-0.1, -0.05) is 54.6 Å². The maximum Gasteiger partial charge on any atom is 0.311 e. The van der Waals surface area contributed by atoms with Crippen LogP contribution in [0.1, 0.15) is 12.5 Å². The Hall–Kier alpha value is -3.80. The van der Waals surface area contributed by atoms with Gasteiger partial charge in [0, 0.05) is 11.3 Å². The number of esters is 1. The molecule has 0 heterocycles. The first-order chi connectivity index (χ1) is 15.0. The molecule has 0 fully saturated rings. The first-order valence-corrected chi connectivity index (χ1v) is 9.87. The lowest BCUT2D eigenvalue weighted by Gasteiger charge is -2.16. The van der Waals surface area contributed by atoms with Crippen molar-refractivity contribution < 1.29 is 23.8 Å². The fourth-order valence-corrected chi connectivity index (χ4v) is 3.15. The SMILES string of the molecule is COc1ccc(CC(=O)O[C@@H](C)C(=O)Nc2ccccc2-c2ccccc2)cc1OC. The molecule has 0 bridgehead atoms. The lowest BCUT2D eigenvalue weighted by molar-refractivity contribution is -0.152. The van der Waals surface area contributed by atoms with Crippen LogP contribution in [-0.2, 0) is 20.7 Å². The molecule has 0 radical (unpaired) electrons. The van der Waals surface area contributed by atoms with E-state index in [4.69, 9.17) is 14.2 Å². The first kappa shape index (κ1) is 21.9. The molecule has 0 aromatic heterocycles. The molecule has 0 aliphatic carbocycles. The summed E-state index contributed by atoms with van der Waals surface area (Å²) in [6.45, 7) is 1.55. The second-order valence-corrected chi connectivity index (χ2v) is 6.90. The van der Waals surface area contributed by atoms with E-state index in [1.165, 1.54) is 7.11 Å². The molecular weight excluding hydrogens is 394 g/mol. The van der Waals surface area contributed by atoms with Crippen LogP contribution in [0.3, 0.4) is 0 Å². The van der Waals surface area contributed by atoms with Gasteiger partial charge >= 0.3 is 5.97 Å². The quantitative estimate of drug-likeness (QED) is 0.545. The van der Waals surface area contributed by atoms with Crippen molar-refractivity contribution in [3.05, 3.63) is 78.4 Å². The second kappa shape index (κ2) is 10.3. The number of rotatable bonds is 8. The molecule has 0 saturated carbocycles. The number of benzene rings is 3. The zero-order valence-electron chi connectivity index (χ0n) is 17.8. The van der Waals surface area contributed by atoms with E-state index in [9.17, 15) is 9.59 Å². The lowest BCUT2D eigenvalue weighted by Crippen LogP contribution is -2.30. The van der Waals surface area contributed by atoms with Gasteiger partial charge in [-0.15, -0.1) is 0 Å². The molecule has 1 N–H and O–H groups in total. The summed E-state index contributed by atoms with van der Waals surface area (Å²) in [4.78, 5) is 25.0. The standard InChI is InChI=1S/C25H25NO5/c1-17(31-24(27)16-18-13-14-22(29-2)23(15-18)30-3)25(28)26-21-12-8-7-11-20(21)19-9-5-4-6-10-19/h4-15,17H,16H2,1-3H3,(H,26,28)/t17-/m0/s1. The van der Waals surface area contributed by atoms with Crippen LogP contribution in [0.5, 0.6) is 11.5 Å². The van der Waals surface area contributed by atoms with E-state index in [-0.39, 0.29) is 6.42 Å². The van der Waals surface area contributed by atoms with E-state index in [2.05, 4.69) is 5.32 Å². The smallest absolute Gasteiger partial charge is 0.311 e. The lowest BCUT2D eigenvalue weighted by atomic mass is 10.0. The minimum atomic E-state index is -0.948. The number of hydrogen-bond donors (Lipinski definition) is 1. The van der Waals surface area contributed by atoms with E-state index in [0.717, 1.165) is 11.1 Å². The van der Waals surface area contributed by atoms with Crippen molar-refractivity contribution in [1.82, 2.24) is 0 Å². The van der Waals surface area contributed by atoms with Gasteiger partial charge in [0.1, 0.15) is 0 Å². The van der Waals surface area contributed by atoms with Crippen molar-refractivity contribution in [3.63, 3.8) is 0 Å². The van der Waals surface area contributed by atoms with Crippen LogP contribution in [0.4, 0.5) is 5.69 Å². The number of carbonyl (C=O) groups excluding carboxylic acids is 2. The van der Waals surface area contributed by atoms with E-state index in [1.54, 1.807) is 32.2 Å². The van der Waals surface area contributed by atoms with Crippen molar-refractivity contribution in [2.24, 2.45) is 0 Å². The van der Waals surface area contributed by atoms with Gasteiger partial charge in [0.15, 0.2) is 17.6 Å². The van der Waals surface area contributed by atoms with Crippen molar-refractivity contribution >= 4 is 17.6 Å². The Morgan fingerprint density at radius 2 is 1.55 bits per heavy atom. The molecule has 3 rings (SSSR count). The Morgan fingerprint density at radius 3 is 2.26 bits per heavy atom. The third-order valence-corrected chi connectivity index (χ3v) is 4.74. The topological polar surface area (TPSA) is 73.9 Å². The Labute approximate surface area is 181 Å². The highest BCUT2D eigenvalue weighted by Crippen LogP contribution is 2.29. The Bertz CT molecular complexity index is 1050. The van der Waals surface area contributed by atoms with Crippen LogP contribution in [-0.4, -0.2) is 32.2 Å². The summed E-state index contributed by atoms with van der Waals surface area (Å²) in [6, 6.07) is 22.4. The van der Waals surface area contributed by atoms with Crippen molar-refractivity contribution in [1.29, 1.82) is 0 Å². The highest BCUT2D eigenvalue weighted by atomic mass is 16.5. The van der Waals surface area contributed by atoms with Gasteiger partial charge < -0.3 is 19.5 Å². The van der Waals surface area contributed by atoms with Crippen LogP contribution in [0, 0.1) is 0 Å². The van der Waals surface area contributed by atoms with E-state index >= 15 is 0 Å². The molecule has 31 heavy (non-hydrogen) atoms. The Morgan fingerprint density at radius 1 is 0.871 bits per heavy atom. The van der Waals surface area contributed by atoms with Gasteiger partial charge in [0.05, 0.1) is 20.6 Å². The number of para-hydroxylation sites is 1. The summed E-state index contributed by atoms with van der Waals surface area (Å²) in [6.07, 6.45) is -0.935. The van der Waals surface area contributed by atoms with Crippen LogP contribution < -0.4 is 14.8 Å². The zero-order chi connectivity index (χ0) is 22.2. The Kier molecular flexibility index (Phi) is 7.27. The third-order valence-electron chi connectivity index (χ3n) is 4.74. The summed E-state index contributed by atoms with van der Waals surface area (Å²) < 4.78 is 15.8. The largest absolute Gasteiger partial charge is 0.493 e. The molecule has 0 unspecified atom stereocenters. The molecule has 1 atom stereocenters. The van der Waals surface area contributed by atoms with Crippen molar-refractivity contribution in [3.8, 4) is 22.6 Å². The molecule has 6 nitrogen and oxygen atoms in total. The fraction of sp³-hybridized carbons (Fsp3) is 0.200. The maximum absolute atomic E-state index is 12.6. The molecule has 6 heteroatoms. The second-order valence-electron chi connectivity index (χ2n) is 6.90. The molecular formula is C25H25NO5. The number of ether oxygens (including phenoxy) is 3. The molecule has 0 aliphatic rings. The van der Waals surface area contributed by atoms with Gasteiger partial charge in [0.2, 0.25) is 0 Å². The van der Waals surface area contributed by atoms with E-state index in [0.29, 0.717) is 22.7 Å². The van der Waals surface area contributed by atoms with Gasteiger partial charge in [0.25, 0.3) is 5.91 Å². The Balaban J connectivity index is 1.63. The van der Waals surface area contributed by atoms with Crippen molar-refractivity contribution in [2.75, 3.05) is 19.5 Å². The number of amides is 1. The average Bonchev–Trinajstić information content (AvgIpc) is 2.79. The fourth-order valence-electron chi connectivity index (χ4n) is 3.15. The maximum atomic E-state index is 12.6. The molecule has 3 aromatic rings. The van der Waals surface area contributed by atoms with Gasteiger partial charge in [-0.05, 0) is 36.2 Å². The summed E-state index contributed by atoms with van der Waals surface area (Å²) >= 11 is 0. The molecule has 0 saturated heterocycles. The van der Waals surface area contributed by atoms with Gasteiger partial charge in [-0.2, -0.15) is 0 Å². The van der Waals surface area contributed by atoms with E-state index < -0.39 is 18.0 Å². The number of carbonyl (C=O) groups is 2. The normalized spacial score (nSPS) is 11.3. The molecule has 3 aromatic carbocycles. The summed E-state index contributed by atoms with van der Waals surface area (Å²) in [5.41, 5.74) is 3.22. The van der Waals surface area contributed by atoms with Crippen molar-refractivity contribution in [2.45, 2.75) is 19.4 Å². The number of methoxy groups -OCH3 is 2. The molecule has 0 spiro atoms. The number of hydrogen-bond acceptors (Lipinski definition) is 5. The van der Waals surface area contributed by atoms with Gasteiger partial charge in [-0.25, -0.2) is 0 Å². The van der Waals surface area contributed by atoms with Crippen LogP contribution in [0.25, 0.3) is 11.1 Å². The predicted molar refractivity (Wildman–Crippen MR) is 119 cm³/mol. The van der Waals surface area contributed by atoms with E-state index in [1.807, 2.05) is 54.6 Å². The van der Waals surface area contributed by atoms with Crippen LogP contribution in [0.15, 0.2) is 72.8 Å². The monoisotopic (exact) mass is 419 g/mol. The van der Waals surface area contributed by atoms with Gasteiger partial charge in [-0.3, -0.25) is 9.59 Å². The highest BCUT2D eigenvalue weighted by molar-refractivity contribution is 5.98. The minimum Gasteiger partial charge on any atom is -0.493 e. The zero-order valence-corrected chi connectivity index (χ0v) is 17.8. The molecule has 160 valence electrons. The first-order valence-electron chi connectivity index (χ1n) is 9.87.